The zero-order valence-electron chi connectivity index (χ0n) is 19.4. The molecule has 6 rings (SSSR count). The van der Waals surface area contributed by atoms with Crippen LogP contribution in [0.1, 0.15) is 17.2 Å². The summed E-state index contributed by atoms with van der Waals surface area (Å²) in [6.45, 7) is 0.726. The van der Waals surface area contributed by atoms with Crippen LogP contribution in [0.25, 0.3) is 16.0 Å². The molecule has 37 heavy (non-hydrogen) atoms. The van der Waals surface area contributed by atoms with E-state index in [2.05, 4.69) is 4.98 Å². The number of Topliss-reactive ketones (excluding diaryl/α,β-unsaturated/α-hetero) is 1. The summed E-state index contributed by atoms with van der Waals surface area (Å²) in [5, 5.41) is 11.5. The molecule has 0 unspecified atom stereocenters. The molecule has 1 fully saturated rings. The third-order valence-electron chi connectivity index (χ3n) is 6.25. The molecule has 1 aromatic heterocycles. The Bertz CT molecular complexity index is 1610. The summed E-state index contributed by atoms with van der Waals surface area (Å²) in [6, 6.07) is 14.5. The quantitative estimate of drug-likeness (QED) is 0.235. The van der Waals surface area contributed by atoms with Gasteiger partial charge in [-0.05, 0) is 42.5 Å². The first-order valence-corrected chi connectivity index (χ1v) is 12.2. The molecule has 0 saturated carbocycles. The van der Waals surface area contributed by atoms with Gasteiger partial charge in [0.25, 0.3) is 5.78 Å². The first kappa shape index (κ1) is 23.0. The Labute approximate surface area is 214 Å². The summed E-state index contributed by atoms with van der Waals surface area (Å²) >= 11 is 1.16. The van der Waals surface area contributed by atoms with E-state index in [4.69, 9.17) is 14.2 Å². The number of hydrogen-bond acceptors (Lipinski definition) is 8. The second-order valence-corrected chi connectivity index (χ2v) is 9.39. The van der Waals surface area contributed by atoms with E-state index in [9.17, 15) is 14.7 Å². The van der Waals surface area contributed by atoms with E-state index in [1.54, 1.807) is 36.4 Å². The van der Waals surface area contributed by atoms with E-state index in [1.807, 2.05) is 0 Å². The minimum atomic E-state index is -1.24. The zero-order valence-corrected chi connectivity index (χ0v) is 20.3. The Kier molecular flexibility index (Phi) is 5.53. The van der Waals surface area contributed by atoms with Gasteiger partial charge in [0.15, 0.2) is 16.6 Å². The average Bonchev–Trinajstić information content (AvgIpc) is 3.45. The number of aromatic nitrogens is 1. The molecule has 186 valence electrons. The number of ketones is 1. The number of anilines is 1. The van der Waals surface area contributed by atoms with Gasteiger partial charge >= 0.3 is 5.91 Å². The lowest BCUT2D eigenvalue weighted by atomic mass is 9.95. The second kappa shape index (κ2) is 8.90. The van der Waals surface area contributed by atoms with Crippen LogP contribution in [0.5, 0.6) is 17.2 Å². The van der Waals surface area contributed by atoms with Gasteiger partial charge in [-0.2, -0.15) is 0 Å². The van der Waals surface area contributed by atoms with E-state index in [0.29, 0.717) is 36.0 Å². The minimum absolute atomic E-state index is 0.0534. The van der Waals surface area contributed by atoms with Crippen LogP contribution in [0.3, 0.4) is 0 Å². The highest BCUT2D eigenvalue weighted by molar-refractivity contribution is 7.22. The third kappa shape index (κ3) is 3.77. The SMILES string of the molecule is COc1ccc2nc(N3C(=O)C(=O)C(=C(O)c4ccc5c(c4)OCCO5)[C@H]3c3ccccc3F)sc2c1. The molecule has 2 aliphatic rings. The Morgan fingerprint density at radius 3 is 2.65 bits per heavy atom. The largest absolute Gasteiger partial charge is 0.507 e. The van der Waals surface area contributed by atoms with Crippen molar-refractivity contribution in [3.05, 3.63) is 83.2 Å². The molecule has 0 spiro atoms. The van der Waals surface area contributed by atoms with Crippen molar-refractivity contribution in [2.75, 3.05) is 25.2 Å². The van der Waals surface area contributed by atoms with Crippen LogP contribution in [0.2, 0.25) is 0 Å². The molecule has 0 radical (unpaired) electrons. The van der Waals surface area contributed by atoms with E-state index in [1.165, 1.54) is 31.4 Å². The maximum Gasteiger partial charge on any atom is 0.301 e. The molecular weight excluding hydrogens is 499 g/mol. The van der Waals surface area contributed by atoms with Gasteiger partial charge in [-0.15, -0.1) is 0 Å². The number of benzene rings is 3. The number of carbonyl (C=O) groups excluding carboxylic acids is 2. The van der Waals surface area contributed by atoms with Gasteiger partial charge in [-0.25, -0.2) is 9.37 Å². The molecule has 0 aliphatic carbocycles. The maximum absolute atomic E-state index is 15.1. The Balaban J connectivity index is 1.54. The number of aliphatic hydroxyl groups is 1. The van der Waals surface area contributed by atoms with Crippen molar-refractivity contribution in [2.45, 2.75) is 6.04 Å². The van der Waals surface area contributed by atoms with Crippen molar-refractivity contribution in [1.29, 1.82) is 0 Å². The van der Waals surface area contributed by atoms with Crippen LogP contribution in [-0.2, 0) is 9.59 Å². The van der Waals surface area contributed by atoms with Gasteiger partial charge in [0.2, 0.25) is 0 Å². The number of hydrogen-bond donors (Lipinski definition) is 1. The number of carbonyl (C=O) groups is 2. The zero-order chi connectivity index (χ0) is 25.7. The van der Waals surface area contributed by atoms with E-state index in [0.717, 1.165) is 20.9 Å². The summed E-state index contributed by atoms with van der Waals surface area (Å²) in [6.07, 6.45) is 0. The lowest BCUT2D eigenvalue weighted by Crippen LogP contribution is -2.29. The number of fused-ring (bicyclic) bond motifs is 2. The molecular formula is C27H19FN2O6S. The molecule has 1 saturated heterocycles. The Morgan fingerprint density at radius 1 is 1.08 bits per heavy atom. The Hall–Kier alpha value is -4.44. The van der Waals surface area contributed by atoms with Gasteiger partial charge in [0, 0.05) is 11.1 Å². The van der Waals surface area contributed by atoms with Crippen LogP contribution in [0.4, 0.5) is 9.52 Å². The minimum Gasteiger partial charge on any atom is -0.507 e. The molecule has 2 aliphatic heterocycles. The number of aliphatic hydroxyl groups excluding tert-OH is 1. The predicted octanol–water partition coefficient (Wildman–Crippen LogP) is 4.84. The van der Waals surface area contributed by atoms with Crippen LogP contribution in [0.15, 0.2) is 66.2 Å². The standard InChI is InChI=1S/C27H19FN2O6S/c1-34-15-7-8-18-21(13-15)37-27(29-18)30-23(16-4-2-3-5-17(16)28)22(25(32)26(30)33)24(31)14-6-9-19-20(12-14)36-11-10-35-19/h2-9,12-13,23,31H,10-11H2,1H3/t23-/m1/s1. The molecule has 0 bridgehead atoms. The normalized spacial score (nSPS) is 18.4. The summed E-state index contributed by atoms with van der Waals surface area (Å²) in [7, 11) is 1.54. The van der Waals surface area contributed by atoms with Gasteiger partial charge in [-0.3, -0.25) is 14.5 Å². The highest BCUT2D eigenvalue weighted by atomic mass is 32.1. The summed E-state index contributed by atoms with van der Waals surface area (Å²) in [5.74, 6) is -1.44. The van der Waals surface area contributed by atoms with Crippen LogP contribution in [0, 0.1) is 5.82 Å². The average molecular weight is 519 g/mol. The fourth-order valence-corrected chi connectivity index (χ4v) is 5.51. The molecule has 1 atom stereocenters. The number of ether oxygens (including phenoxy) is 3. The summed E-state index contributed by atoms with van der Waals surface area (Å²) in [5.41, 5.74) is 0.626. The lowest BCUT2D eigenvalue weighted by Gasteiger charge is -2.23. The van der Waals surface area contributed by atoms with Gasteiger partial charge < -0.3 is 19.3 Å². The topological polar surface area (TPSA) is 98.2 Å². The molecule has 3 heterocycles. The number of halogens is 1. The van der Waals surface area contributed by atoms with Gasteiger partial charge in [-0.1, -0.05) is 29.5 Å². The Morgan fingerprint density at radius 2 is 1.86 bits per heavy atom. The van der Waals surface area contributed by atoms with Crippen molar-refractivity contribution < 1.29 is 33.3 Å². The van der Waals surface area contributed by atoms with E-state index < -0.39 is 29.3 Å². The smallest absolute Gasteiger partial charge is 0.301 e. The van der Waals surface area contributed by atoms with Crippen LogP contribution < -0.4 is 19.1 Å². The number of amides is 1. The van der Waals surface area contributed by atoms with E-state index in [-0.39, 0.29) is 21.8 Å². The number of nitrogens with zero attached hydrogens (tertiary/aromatic N) is 2. The highest BCUT2D eigenvalue weighted by Crippen LogP contribution is 2.45. The summed E-state index contributed by atoms with van der Waals surface area (Å²) in [4.78, 5) is 32.4. The molecule has 1 amide bonds. The highest BCUT2D eigenvalue weighted by Gasteiger charge is 2.49. The first-order chi connectivity index (χ1) is 18.0. The molecule has 8 nitrogen and oxygen atoms in total. The lowest BCUT2D eigenvalue weighted by molar-refractivity contribution is -0.132. The number of methoxy groups -OCH3 is 1. The molecule has 4 aromatic rings. The first-order valence-electron chi connectivity index (χ1n) is 11.4. The van der Waals surface area contributed by atoms with Gasteiger partial charge in [0.05, 0.1) is 22.9 Å². The van der Waals surface area contributed by atoms with Crippen molar-refractivity contribution in [3.8, 4) is 17.2 Å². The van der Waals surface area contributed by atoms with Crippen molar-refractivity contribution >= 4 is 44.1 Å². The van der Waals surface area contributed by atoms with Crippen molar-refractivity contribution in [3.63, 3.8) is 0 Å². The van der Waals surface area contributed by atoms with E-state index >= 15 is 4.39 Å². The van der Waals surface area contributed by atoms with Crippen LogP contribution in [-0.4, -0.2) is 42.1 Å². The van der Waals surface area contributed by atoms with Crippen molar-refractivity contribution in [2.24, 2.45) is 0 Å². The number of rotatable bonds is 4. The molecule has 10 heteroatoms. The monoisotopic (exact) mass is 518 g/mol. The fraction of sp³-hybridized carbons (Fsp3) is 0.148. The fourth-order valence-electron chi connectivity index (χ4n) is 4.49. The summed E-state index contributed by atoms with van der Waals surface area (Å²) < 4.78 is 32.2. The maximum atomic E-state index is 15.1. The predicted molar refractivity (Wildman–Crippen MR) is 135 cm³/mol. The van der Waals surface area contributed by atoms with Crippen LogP contribution >= 0.6 is 11.3 Å². The second-order valence-electron chi connectivity index (χ2n) is 8.38. The molecule has 1 N–H and O–H groups in total. The molecule has 3 aromatic carbocycles. The number of thiazole rings is 1. The third-order valence-corrected chi connectivity index (χ3v) is 7.27. The van der Waals surface area contributed by atoms with Gasteiger partial charge in [0.1, 0.15) is 36.6 Å². The van der Waals surface area contributed by atoms with Crippen molar-refractivity contribution in [1.82, 2.24) is 4.98 Å².